The first-order chi connectivity index (χ1) is 30.3. The van der Waals surface area contributed by atoms with Crippen LogP contribution in [0.15, 0.2) is 237 Å². The lowest BCUT2D eigenvalue weighted by Gasteiger charge is -2.26. The molecule has 0 bridgehead atoms. The van der Waals surface area contributed by atoms with Crippen LogP contribution in [0.3, 0.4) is 0 Å². The fraction of sp³-hybridized carbons (Fsp3) is 0. The third-order valence-corrected chi connectivity index (χ3v) is 12.3. The molecule has 0 aliphatic rings. The van der Waals surface area contributed by atoms with E-state index in [-0.39, 0.29) is 0 Å². The van der Waals surface area contributed by atoms with E-state index in [9.17, 15) is 0 Å². The van der Waals surface area contributed by atoms with Gasteiger partial charge in [-0.1, -0.05) is 152 Å². The Morgan fingerprint density at radius 2 is 0.770 bits per heavy atom. The molecule has 0 N–H and O–H groups in total. The molecule has 0 saturated heterocycles. The van der Waals surface area contributed by atoms with Crippen molar-refractivity contribution in [3.05, 3.63) is 237 Å². The van der Waals surface area contributed by atoms with Crippen LogP contribution >= 0.6 is 0 Å². The Hall–Kier alpha value is -8.14. The van der Waals surface area contributed by atoms with Crippen molar-refractivity contribution < 1.29 is 0 Å². The van der Waals surface area contributed by atoms with Gasteiger partial charge in [-0.15, -0.1) is 0 Å². The number of aromatic nitrogens is 2. The predicted octanol–water partition coefficient (Wildman–Crippen LogP) is 15.8. The average Bonchev–Trinajstić information content (AvgIpc) is 3.86. The van der Waals surface area contributed by atoms with Gasteiger partial charge in [0.05, 0.1) is 22.1 Å². The molecule has 12 aromatic rings. The van der Waals surface area contributed by atoms with Crippen LogP contribution in [0.2, 0.25) is 0 Å². The monoisotopic (exact) mass is 777 g/mol. The van der Waals surface area contributed by atoms with Crippen LogP contribution in [-0.2, 0) is 0 Å². The van der Waals surface area contributed by atoms with Gasteiger partial charge in [0.25, 0.3) is 0 Å². The smallest absolute Gasteiger partial charge is 0.0547 e. The summed E-state index contributed by atoms with van der Waals surface area (Å²) in [7, 11) is 0. The molecule has 0 atom stereocenters. The zero-order valence-electron chi connectivity index (χ0n) is 33.4. The van der Waals surface area contributed by atoms with Gasteiger partial charge >= 0.3 is 0 Å². The summed E-state index contributed by atoms with van der Waals surface area (Å²) in [6, 6.07) is 85.8. The molecule has 0 fully saturated rings. The molecule has 10 aromatic carbocycles. The first-order valence-corrected chi connectivity index (χ1v) is 20.9. The average molecular weight is 778 g/mol. The fourth-order valence-corrected chi connectivity index (χ4v) is 9.48. The van der Waals surface area contributed by atoms with Crippen molar-refractivity contribution in [1.82, 2.24) is 9.13 Å². The van der Waals surface area contributed by atoms with E-state index in [1.165, 1.54) is 76.6 Å². The van der Waals surface area contributed by atoms with Crippen LogP contribution in [0, 0.1) is 0 Å². The number of hydrogen-bond acceptors (Lipinski definition) is 1. The number of anilines is 3. The minimum atomic E-state index is 1.09. The number of hydrogen-bond donors (Lipinski definition) is 0. The molecule has 0 amide bonds. The van der Waals surface area contributed by atoms with Gasteiger partial charge in [-0.05, 0) is 118 Å². The Kier molecular flexibility index (Phi) is 8.17. The van der Waals surface area contributed by atoms with E-state index in [0.717, 1.165) is 28.4 Å². The molecular weight excluding hydrogens is 739 g/mol. The van der Waals surface area contributed by atoms with Gasteiger partial charge in [0, 0.05) is 50.0 Å². The van der Waals surface area contributed by atoms with E-state index in [2.05, 4.69) is 251 Å². The largest absolute Gasteiger partial charge is 0.310 e. The maximum Gasteiger partial charge on any atom is 0.0547 e. The molecule has 0 aliphatic carbocycles. The van der Waals surface area contributed by atoms with Crippen molar-refractivity contribution in [3.8, 4) is 33.6 Å². The van der Waals surface area contributed by atoms with Gasteiger partial charge < -0.3 is 14.0 Å². The van der Waals surface area contributed by atoms with Crippen LogP contribution in [0.5, 0.6) is 0 Å². The maximum atomic E-state index is 2.40. The quantitative estimate of drug-likeness (QED) is 0.157. The van der Waals surface area contributed by atoms with Gasteiger partial charge in [0.15, 0.2) is 0 Å². The van der Waals surface area contributed by atoms with E-state index in [0.29, 0.717) is 0 Å². The Morgan fingerprint density at radius 1 is 0.262 bits per heavy atom. The normalized spacial score (nSPS) is 11.6. The zero-order valence-corrected chi connectivity index (χ0v) is 33.4. The molecule has 3 nitrogen and oxygen atoms in total. The predicted molar refractivity (Wildman–Crippen MR) is 258 cm³/mol. The van der Waals surface area contributed by atoms with E-state index in [1.54, 1.807) is 0 Å². The lowest BCUT2D eigenvalue weighted by atomic mass is 10.0. The second kappa shape index (κ2) is 14.3. The highest BCUT2D eigenvalue weighted by atomic mass is 15.1. The first kappa shape index (κ1) is 34.9. The van der Waals surface area contributed by atoms with Gasteiger partial charge in [-0.3, -0.25) is 0 Å². The molecule has 286 valence electrons. The van der Waals surface area contributed by atoms with E-state index in [1.807, 2.05) is 0 Å². The minimum Gasteiger partial charge on any atom is -0.310 e. The van der Waals surface area contributed by atoms with Crippen LogP contribution in [0.4, 0.5) is 17.1 Å². The molecule has 0 saturated carbocycles. The van der Waals surface area contributed by atoms with Gasteiger partial charge in [0.2, 0.25) is 0 Å². The van der Waals surface area contributed by atoms with E-state index < -0.39 is 0 Å². The molecular formula is C58H39N3. The van der Waals surface area contributed by atoms with Crippen LogP contribution < -0.4 is 4.90 Å². The van der Waals surface area contributed by atoms with Crippen LogP contribution in [-0.4, -0.2) is 9.13 Å². The van der Waals surface area contributed by atoms with Crippen LogP contribution in [0.1, 0.15) is 0 Å². The van der Waals surface area contributed by atoms with Gasteiger partial charge in [-0.2, -0.15) is 0 Å². The molecule has 0 radical (unpaired) electrons. The van der Waals surface area contributed by atoms with Gasteiger partial charge in [0.1, 0.15) is 0 Å². The third kappa shape index (κ3) is 5.82. The molecule has 12 rings (SSSR count). The highest BCUT2D eigenvalue weighted by molar-refractivity contribution is 6.21. The topological polar surface area (TPSA) is 13.1 Å². The number of nitrogens with zero attached hydrogens (tertiary/aromatic N) is 3. The third-order valence-electron chi connectivity index (χ3n) is 12.3. The van der Waals surface area contributed by atoms with Crippen molar-refractivity contribution in [2.24, 2.45) is 0 Å². The summed E-state index contributed by atoms with van der Waals surface area (Å²) in [6.07, 6.45) is 0. The highest BCUT2D eigenvalue weighted by Crippen LogP contribution is 2.42. The summed E-state index contributed by atoms with van der Waals surface area (Å²) in [4.78, 5) is 2.39. The van der Waals surface area contributed by atoms with Crippen molar-refractivity contribution in [1.29, 1.82) is 0 Å². The summed E-state index contributed by atoms with van der Waals surface area (Å²) in [5.41, 5.74) is 15.1. The van der Waals surface area contributed by atoms with Gasteiger partial charge in [-0.25, -0.2) is 0 Å². The molecule has 3 heteroatoms. The summed E-state index contributed by atoms with van der Waals surface area (Å²) < 4.78 is 4.78. The second-order valence-electron chi connectivity index (χ2n) is 15.8. The second-order valence-corrected chi connectivity index (χ2v) is 15.8. The lowest BCUT2D eigenvalue weighted by molar-refractivity contribution is 1.18. The minimum absolute atomic E-state index is 1.09. The van der Waals surface area contributed by atoms with Crippen molar-refractivity contribution in [3.63, 3.8) is 0 Å². The molecule has 2 aromatic heterocycles. The summed E-state index contributed by atoms with van der Waals surface area (Å²) >= 11 is 0. The van der Waals surface area contributed by atoms with Crippen molar-refractivity contribution in [2.45, 2.75) is 0 Å². The molecule has 0 spiro atoms. The highest BCUT2D eigenvalue weighted by Gasteiger charge is 2.19. The van der Waals surface area contributed by atoms with E-state index >= 15 is 0 Å². The van der Waals surface area contributed by atoms with E-state index in [4.69, 9.17) is 0 Å². The number of rotatable bonds is 7. The molecule has 0 unspecified atom stereocenters. The van der Waals surface area contributed by atoms with Crippen LogP contribution in [0.25, 0.3) is 88.0 Å². The summed E-state index contributed by atoms with van der Waals surface area (Å²) in [5.74, 6) is 0. The molecule has 61 heavy (non-hydrogen) atoms. The fourth-order valence-electron chi connectivity index (χ4n) is 9.48. The standard InChI is InChI=1S/C58H39N3/c1-3-14-40(15-4-1)44-17-13-20-48(38-44)59(49-35-37-56-53(39-49)51-22-9-11-24-54(51)60(56)45-18-5-2-6-19-45)46-31-26-41(27-32-46)42-28-33-47(34-29-42)61-55-25-12-10-23-52(55)58-50-21-8-7-16-43(50)30-36-57(58)61/h1-39H. The number of benzene rings is 10. The Bertz CT molecular complexity index is 3560. The zero-order chi connectivity index (χ0) is 40.3. The Balaban J connectivity index is 0.955. The SMILES string of the molecule is c1ccc(-c2cccc(N(c3ccc(-c4ccc(-n5c6ccccc6c6c7ccccc7ccc65)cc4)cc3)c3ccc4c(c3)c3ccccc3n4-c3ccccc3)c2)cc1. The number of para-hydroxylation sites is 3. The van der Waals surface area contributed by atoms with Crippen molar-refractivity contribution in [2.75, 3.05) is 4.90 Å². The molecule has 0 aliphatic heterocycles. The lowest BCUT2D eigenvalue weighted by Crippen LogP contribution is -2.10. The maximum absolute atomic E-state index is 2.40. The Morgan fingerprint density at radius 3 is 1.54 bits per heavy atom. The summed E-state index contributed by atoms with van der Waals surface area (Å²) in [6.45, 7) is 0. The number of fused-ring (bicyclic) bond motifs is 8. The Labute approximate surface area is 354 Å². The molecule has 2 heterocycles. The first-order valence-electron chi connectivity index (χ1n) is 20.9. The summed E-state index contributed by atoms with van der Waals surface area (Å²) in [5, 5.41) is 7.56. The van der Waals surface area contributed by atoms with Crippen molar-refractivity contribution >= 4 is 71.4 Å².